The van der Waals surface area contributed by atoms with Crippen molar-refractivity contribution in [1.82, 2.24) is 9.97 Å². The maximum absolute atomic E-state index is 12.3. The molecule has 0 radical (unpaired) electrons. The van der Waals surface area contributed by atoms with E-state index in [1.807, 2.05) is 20.8 Å². The number of hydrogen-bond donors (Lipinski definition) is 1. The molecule has 3 heteroatoms. The van der Waals surface area contributed by atoms with Crippen LogP contribution >= 0.6 is 0 Å². The summed E-state index contributed by atoms with van der Waals surface area (Å²) >= 11 is 0. The fourth-order valence-corrected chi connectivity index (χ4v) is 2.04. The zero-order valence-corrected chi connectivity index (χ0v) is 13.9. The van der Waals surface area contributed by atoms with Crippen molar-refractivity contribution in [3.8, 4) is 0 Å². The molecule has 3 nitrogen and oxygen atoms in total. The lowest BCUT2D eigenvalue weighted by Gasteiger charge is -2.30. The number of aromatic nitrogens is 2. The van der Waals surface area contributed by atoms with Crippen LogP contribution in [0.5, 0.6) is 0 Å². The maximum Gasteiger partial charge on any atom is 0.270 e. The van der Waals surface area contributed by atoms with E-state index in [1.165, 1.54) is 0 Å². The van der Waals surface area contributed by atoms with Gasteiger partial charge in [-0.2, -0.15) is 0 Å². The highest BCUT2D eigenvalue weighted by Crippen LogP contribution is 2.31. The molecule has 1 aromatic rings. The van der Waals surface area contributed by atoms with Gasteiger partial charge in [0.15, 0.2) is 0 Å². The molecule has 0 saturated carbocycles. The van der Waals surface area contributed by atoms with Gasteiger partial charge < -0.3 is 4.98 Å². The zero-order chi connectivity index (χ0) is 15.2. The minimum atomic E-state index is -0.246. The van der Waals surface area contributed by atoms with Crippen molar-refractivity contribution in [2.75, 3.05) is 0 Å². The second-order valence-electron chi connectivity index (χ2n) is 8.39. The van der Waals surface area contributed by atoms with Crippen molar-refractivity contribution in [2.45, 2.75) is 78.6 Å². The highest BCUT2D eigenvalue weighted by atomic mass is 16.1. The minimum Gasteiger partial charge on any atom is -0.322 e. The van der Waals surface area contributed by atoms with Gasteiger partial charge in [0.25, 0.3) is 5.56 Å². The molecule has 0 fully saturated rings. The zero-order valence-electron chi connectivity index (χ0n) is 13.9. The molecule has 108 valence electrons. The smallest absolute Gasteiger partial charge is 0.270 e. The first-order valence-corrected chi connectivity index (χ1v) is 6.90. The SMILES string of the molecule is CC(C)(C)c1nc(C(C)(C)C)c(=O)[nH]c1C(C)(C)C. The van der Waals surface area contributed by atoms with Gasteiger partial charge in [-0.05, 0) is 0 Å². The summed E-state index contributed by atoms with van der Waals surface area (Å²) in [5.74, 6) is 0. The van der Waals surface area contributed by atoms with Crippen molar-refractivity contribution < 1.29 is 0 Å². The Morgan fingerprint density at radius 1 is 0.737 bits per heavy atom. The first kappa shape index (κ1) is 15.9. The number of nitrogens with zero attached hydrogens (tertiary/aromatic N) is 1. The predicted octanol–water partition coefficient (Wildman–Crippen LogP) is 3.66. The molecule has 0 aliphatic heterocycles. The van der Waals surface area contributed by atoms with E-state index in [1.54, 1.807) is 0 Å². The summed E-state index contributed by atoms with van der Waals surface area (Å²) in [4.78, 5) is 20.1. The van der Waals surface area contributed by atoms with E-state index in [4.69, 9.17) is 4.98 Å². The summed E-state index contributed by atoms with van der Waals surface area (Å²) in [5, 5.41) is 0. The molecule has 0 bridgehead atoms. The Hall–Kier alpha value is -1.12. The third-order valence-electron chi connectivity index (χ3n) is 3.08. The fourth-order valence-electron chi connectivity index (χ4n) is 2.04. The van der Waals surface area contributed by atoms with Gasteiger partial charge in [-0.1, -0.05) is 62.3 Å². The number of aromatic amines is 1. The van der Waals surface area contributed by atoms with Gasteiger partial charge in [0, 0.05) is 21.9 Å². The third-order valence-corrected chi connectivity index (χ3v) is 3.08. The Labute approximate surface area is 116 Å². The molecule has 1 N–H and O–H groups in total. The van der Waals surface area contributed by atoms with Crippen LogP contribution in [-0.2, 0) is 16.2 Å². The second-order valence-corrected chi connectivity index (χ2v) is 8.39. The van der Waals surface area contributed by atoms with Gasteiger partial charge in [-0.3, -0.25) is 4.79 Å². The number of H-pyrrole nitrogens is 1. The van der Waals surface area contributed by atoms with Crippen molar-refractivity contribution in [3.63, 3.8) is 0 Å². The first-order chi connectivity index (χ1) is 8.24. The Bertz CT molecular complexity index is 520. The van der Waals surface area contributed by atoms with Gasteiger partial charge in [-0.15, -0.1) is 0 Å². The van der Waals surface area contributed by atoms with Crippen LogP contribution in [0.2, 0.25) is 0 Å². The molecule has 0 aliphatic carbocycles. The van der Waals surface area contributed by atoms with E-state index in [0.717, 1.165) is 11.4 Å². The molecule has 0 aliphatic rings. The van der Waals surface area contributed by atoms with E-state index in [2.05, 4.69) is 46.5 Å². The Kier molecular flexibility index (Phi) is 3.74. The lowest BCUT2D eigenvalue weighted by molar-refractivity contribution is 0.474. The van der Waals surface area contributed by atoms with Crippen LogP contribution in [0.3, 0.4) is 0 Å². The number of rotatable bonds is 0. The van der Waals surface area contributed by atoms with Crippen LogP contribution in [-0.4, -0.2) is 9.97 Å². The Balaban J connectivity index is 3.71. The molecule has 0 unspecified atom stereocenters. The fraction of sp³-hybridized carbons (Fsp3) is 0.750. The summed E-state index contributed by atoms with van der Waals surface area (Å²) in [5.41, 5.74) is 2.03. The van der Waals surface area contributed by atoms with E-state index < -0.39 is 0 Å². The summed E-state index contributed by atoms with van der Waals surface area (Å²) < 4.78 is 0. The largest absolute Gasteiger partial charge is 0.322 e. The maximum atomic E-state index is 12.3. The molecule has 1 rings (SSSR count). The summed E-state index contributed by atoms with van der Waals surface area (Å²) in [6, 6.07) is 0. The standard InChI is InChI=1S/C16H28N2O/c1-14(2,3)10-11(15(4,5)6)18-13(19)12(17-10)16(7,8)9/h1-9H3,(H,18,19). The molecule has 0 aromatic carbocycles. The van der Waals surface area contributed by atoms with Crippen LogP contribution in [0.4, 0.5) is 0 Å². The lowest BCUT2D eigenvalue weighted by atomic mass is 9.80. The average molecular weight is 264 g/mol. The van der Waals surface area contributed by atoms with Gasteiger partial charge >= 0.3 is 0 Å². The molecule has 1 heterocycles. The third kappa shape index (κ3) is 3.46. The van der Waals surface area contributed by atoms with Crippen LogP contribution in [0, 0.1) is 0 Å². The average Bonchev–Trinajstić information content (AvgIpc) is 2.11. The summed E-state index contributed by atoms with van der Waals surface area (Å²) in [6.45, 7) is 18.8. The normalized spacial score (nSPS) is 13.7. The molecule has 1 aromatic heterocycles. The summed E-state index contributed by atoms with van der Waals surface area (Å²) in [7, 11) is 0. The van der Waals surface area contributed by atoms with E-state index in [0.29, 0.717) is 5.69 Å². The van der Waals surface area contributed by atoms with E-state index in [9.17, 15) is 4.79 Å². The number of hydrogen-bond acceptors (Lipinski definition) is 2. The quantitative estimate of drug-likeness (QED) is 0.777. The molecule has 0 saturated heterocycles. The topological polar surface area (TPSA) is 45.8 Å². The minimum absolute atomic E-state index is 0.0644. The monoisotopic (exact) mass is 264 g/mol. The van der Waals surface area contributed by atoms with Gasteiger partial charge in [0.1, 0.15) is 5.69 Å². The predicted molar refractivity (Wildman–Crippen MR) is 81.0 cm³/mol. The van der Waals surface area contributed by atoms with Crippen LogP contribution in [0.15, 0.2) is 4.79 Å². The Morgan fingerprint density at radius 3 is 1.47 bits per heavy atom. The molecular weight excluding hydrogens is 236 g/mol. The van der Waals surface area contributed by atoms with Gasteiger partial charge in [-0.25, -0.2) is 4.98 Å². The van der Waals surface area contributed by atoms with Crippen molar-refractivity contribution in [3.05, 3.63) is 27.4 Å². The molecule has 0 spiro atoms. The van der Waals surface area contributed by atoms with Crippen LogP contribution < -0.4 is 5.56 Å². The Morgan fingerprint density at radius 2 is 1.16 bits per heavy atom. The van der Waals surface area contributed by atoms with Gasteiger partial charge in [0.2, 0.25) is 0 Å². The van der Waals surface area contributed by atoms with Crippen molar-refractivity contribution >= 4 is 0 Å². The molecule has 0 amide bonds. The molecular formula is C16H28N2O. The van der Waals surface area contributed by atoms with E-state index in [-0.39, 0.29) is 21.8 Å². The van der Waals surface area contributed by atoms with E-state index >= 15 is 0 Å². The van der Waals surface area contributed by atoms with Crippen molar-refractivity contribution in [1.29, 1.82) is 0 Å². The van der Waals surface area contributed by atoms with Crippen LogP contribution in [0.1, 0.15) is 79.4 Å². The highest BCUT2D eigenvalue weighted by molar-refractivity contribution is 5.28. The molecule has 0 atom stereocenters. The summed E-state index contributed by atoms with van der Waals surface area (Å²) in [6.07, 6.45) is 0. The highest BCUT2D eigenvalue weighted by Gasteiger charge is 2.31. The van der Waals surface area contributed by atoms with Crippen LogP contribution in [0.25, 0.3) is 0 Å². The first-order valence-electron chi connectivity index (χ1n) is 6.90. The number of nitrogens with one attached hydrogen (secondary N) is 1. The van der Waals surface area contributed by atoms with Crippen molar-refractivity contribution in [2.24, 2.45) is 0 Å². The molecule has 19 heavy (non-hydrogen) atoms. The second kappa shape index (κ2) is 4.46. The lowest BCUT2D eigenvalue weighted by Crippen LogP contribution is -2.35. The van der Waals surface area contributed by atoms with Gasteiger partial charge in [0.05, 0.1) is 5.69 Å².